The predicted octanol–water partition coefficient (Wildman–Crippen LogP) is 5.86. The number of nitrogens with two attached hydrogens (primary N) is 1. The van der Waals surface area contributed by atoms with E-state index in [4.69, 9.17) is 5.73 Å². The molecule has 2 aromatic carbocycles. The van der Waals surface area contributed by atoms with E-state index in [9.17, 15) is 9.18 Å². The molecule has 5 nitrogen and oxygen atoms in total. The number of rotatable bonds is 9. The van der Waals surface area contributed by atoms with E-state index in [0.29, 0.717) is 16.8 Å². The number of pyridine rings is 1. The van der Waals surface area contributed by atoms with Crippen molar-refractivity contribution in [2.75, 3.05) is 33.2 Å². The van der Waals surface area contributed by atoms with Gasteiger partial charge >= 0.3 is 0 Å². The molecule has 0 radical (unpaired) electrons. The Hall–Kier alpha value is -4.31. The molecule has 0 unspecified atom stereocenters. The summed E-state index contributed by atoms with van der Waals surface area (Å²) >= 11 is 0. The Balaban J connectivity index is 1.47. The van der Waals surface area contributed by atoms with E-state index < -0.39 is 6.67 Å². The second-order valence-corrected chi connectivity index (χ2v) is 10.7. The highest BCUT2D eigenvalue weighted by molar-refractivity contribution is 5.98. The van der Waals surface area contributed by atoms with Gasteiger partial charge in [0.1, 0.15) is 6.67 Å². The van der Waals surface area contributed by atoms with Crippen molar-refractivity contribution < 1.29 is 9.18 Å². The van der Waals surface area contributed by atoms with Gasteiger partial charge < -0.3 is 10.6 Å². The van der Waals surface area contributed by atoms with Crippen LogP contribution in [-0.2, 0) is 19.6 Å². The Morgan fingerprint density at radius 2 is 1.86 bits per heavy atom. The zero-order chi connectivity index (χ0) is 30.1. The molecule has 0 amide bonds. The third kappa shape index (κ3) is 7.91. The van der Waals surface area contributed by atoms with Crippen molar-refractivity contribution in [2.45, 2.75) is 33.5 Å². The van der Waals surface area contributed by atoms with Crippen LogP contribution in [0, 0.1) is 18.8 Å². The van der Waals surface area contributed by atoms with Crippen molar-refractivity contribution in [2.24, 2.45) is 5.73 Å². The van der Waals surface area contributed by atoms with Gasteiger partial charge in [-0.15, -0.1) is 0 Å². The van der Waals surface area contributed by atoms with E-state index in [2.05, 4.69) is 40.3 Å². The van der Waals surface area contributed by atoms with Crippen molar-refractivity contribution in [3.8, 4) is 11.8 Å². The van der Waals surface area contributed by atoms with Crippen LogP contribution in [0.3, 0.4) is 0 Å². The second-order valence-electron chi connectivity index (χ2n) is 10.7. The fraction of sp³-hybridized carbons (Fsp3) is 0.278. The third-order valence-electron chi connectivity index (χ3n) is 7.57. The lowest BCUT2D eigenvalue weighted by atomic mass is 9.96. The molecule has 1 aliphatic rings. The number of benzene rings is 2. The lowest BCUT2D eigenvalue weighted by Gasteiger charge is -2.32. The molecule has 0 atom stereocenters. The number of halogens is 1. The molecule has 1 saturated heterocycles. The third-order valence-corrected chi connectivity index (χ3v) is 7.57. The fourth-order valence-corrected chi connectivity index (χ4v) is 4.91. The first-order valence-corrected chi connectivity index (χ1v) is 14.3. The highest BCUT2D eigenvalue weighted by Crippen LogP contribution is 2.20. The van der Waals surface area contributed by atoms with E-state index in [-0.39, 0.29) is 12.2 Å². The molecular weight excluding hydrogens is 523 g/mol. The molecular formula is C36H39FN4O. The quantitative estimate of drug-likeness (QED) is 0.201. The number of hydrogen-bond acceptors (Lipinski definition) is 5. The maximum absolute atomic E-state index is 14.0. The van der Waals surface area contributed by atoms with E-state index in [0.717, 1.165) is 71.8 Å². The molecule has 0 aliphatic carbocycles. The lowest BCUT2D eigenvalue weighted by Crippen LogP contribution is -2.44. The smallest absolute Gasteiger partial charge is 0.167 e. The van der Waals surface area contributed by atoms with Crippen LogP contribution in [0.15, 0.2) is 85.2 Å². The normalized spacial score (nSPS) is 14.8. The van der Waals surface area contributed by atoms with E-state index in [1.54, 1.807) is 12.3 Å². The molecule has 2 N–H and O–H groups in total. The maximum atomic E-state index is 14.0. The van der Waals surface area contributed by atoms with Crippen LogP contribution < -0.4 is 5.73 Å². The number of nitrogens with zero attached hydrogens (tertiary/aromatic N) is 3. The van der Waals surface area contributed by atoms with Gasteiger partial charge in [0.15, 0.2) is 5.78 Å². The molecule has 1 fully saturated rings. The SMILES string of the molecule is C=C/C(N)=C(\C=C/C)c1ccc(C#Cc2cc(C(=O)Cc3ccc(CN4CCN(C)CC4)c(CF)c3)ccc2C)cn1. The molecule has 216 valence electrons. The number of hydrogen-bond donors (Lipinski definition) is 1. The molecule has 0 bridgehead atoms. The van der Waals surface area contributed by atoms with E-state index in [1.165, 1.54) is 0 Å². The molecule has 3 aromatic rings. The summed E-state index contributed by atoms with van der Waals surface area (Å²) < 4.78 is 14.0. The van der Waals surface area contributed by atoms with Crippen LogP contribution in [0.1, 0.15) is 56.4 Å². The topological polar surface area (TPSA) is 62.5 Å². The number of ketones is 1. The summed E-state index contributed by atoms with van der Waals surface area (Å²) in [6.07, 6.45) is 7.33. The lowest BCUT2D eigenvalue weighted by molar-refractivity contribution is 0.0993. The maximum Gasteiger partial charge on any atom is 0.167 e. The highest BCUT2D eigenvalue weighted by atomic mass is 19.1. The zero-order valence-corrected chi connectivity index (χ0v) is 24.8. The number of alkyl halides is 1. The minimum Gasteiger partial charge on any atom is -0.398 e. The predicted molar refractivity (Wildman–Crippen MR) is 170 cm³/mol. The van der Waals surface area contributed by atoms with Crippen molar-refractivity contribution in [1.29, 1.82) is 0 Å². The second kappa shape index (κ2) is 14.5. The molecule has 4 rings (SSSR count). The van der Waals surface area contributed by atoms with Crippen molar-refractivity contribution in [3.05, 3.63) is 130 Å². The first-order valence-electron chi connectivity index (χ1n) is 14.3. The number of aryl methyl sites for hydroxylation is 1. The van der Waals surface area contributed by atoms with Crippen LogP contribution in [-0.4, -0.2) is 53.8 Å². The van der Waals surface area contributed by atoms with Gasteiger partial charge in [0.25, 0.3) is 0 Å². The minimum atomic E-state index is -0.542. The van der Waals surface area contributed by atoms with Gasteiger partial charge in [0.05, 0.1) is 5.69 Å². The zero-order valence-electron chi connectivity index (χ0n) is 24.8. The van der Waals surface area contributed by atoms with Crippen LogP contribution in [0.4, 0.5) is 4.39 Å². The number of carbonyl (C=O) groups excluding carboxylic acids is 1. The van der Waals surface area contributed by atoms with Crippen molar-refractivity contribution in [3.63, 3.8) is 0 Å². The monoisotopic (exact) mass is 562 g/mol. The van der Waals surface area contributed by atoms with Gasteiger partial charge in [-0.05, 0) is 67.4 Å². The molecule has 1 aromatic heterocycles. The Morgan fingerprint density at radius 3 is 2.52 bits per heavy atom. The number of allylic oxidation sites excluding steroid dienone is 4. The standard InChI is InChI=1S/C36H39FN4O/c1-5-7-33(34(38)6-2)35-15-11-27(24-39-35)9-13-29-22-30(12-8-26(29)3)36(42)21-28-10-14-31(32(20-28)23-37)25-41-18-16-40(4)17-19-41/h5-8,10-12,14-15,20,22,24H,2,16-19,21,23,25,38H2,1,3-4H3/b7-5-,34-33-. The number of carbonyl (C=O) groups is 1. The molecule has 0 saturated carbocycles. The Bertz CT molecular complexity index is 1550. The van der Waals surface area contributed by atoms with Gasteiger partial charge in [-0.25, -0.2) is 4.39 Å². The van der Waals surface area contributed by atoms with Crippen LogP contribution in [0.2, 0.25) is 0 Å². The molecule has 6 heteroatoms. The summed E-state index contributed by atoms with van der Waals surface area (Å²) in [5, 5.41) is 0. The van der Waals surface area contributed by atoms with Gasteiger partial charge in [0.2, 0.25) is 0 Å². The van der Waals surface area contributed by atoms with Crippen molar-refractivity contribution >= 4 is 11.4 Å². The Kier molecular flexibility index (Phi) is 10.6. The number of Topliss-reactive ketones (excluding diaryl/α,β-unsaturated/α-hetero) is 1. The molecule has 2 heterocycles. The Labute approximate surface area is 249 Å². The van der Waals surface area contributed by atoms with Gasteiger partial charge in [0, 0.05) is 73.3 Å². The summed E-state index contributed by atoms with van der Waals surface area (Å²) in [6, 6.07) is 15.1. The van der Waals surface area contributed by atoms with Crippen LogP contribution in [0.5, 0.6) is 0 Å². The Morgan fingerprint density at radius 1 is 1.07 bits per heavy atom. The number of likely N-dealkylation sites (N-methyl/N-ethyl adjacent to an activating group) is 1. The van der Waals surface area contributed by atoms with Crippen molar-refractivity contribution in [1.82, 2.24) is 14.8 Å². The molecule has 0 spiro atoms. The fourth-order valence-electron chi connectivity index (χ4n) is 4.91. The largest absolute Gasteiger partial charge is 0.398 e. The van der Waals surface area contributed by atoms with Gasteiger partial charge in [-0.2, -0.15) is 0 Å². The molecule has 1 aliphatic heterocycles. The van der Waals surface area contributed by atoms with Crippen LogP contribution in [0.25, 0.3) is 5.57 Å². The van der Waals surface area contributed by atoms with E-state index >= 15 is 0 Å². The number of piperazine rings is 1. The van der Waals surface area contributed by atoms with Crippen LogP contribution >= 0.6 is 0 Å². The summed E-state index contributed by atoms with van der Waals surface area (Å²) in [5.74, 6) is 6.33. The first kappa shape index (κ1) is 30.6. The summed E-state index contributed by atoms with van der Waals surface area (Å²) in [4.78, 5) is 22.4. The first-order chi connectivity index (χ1) is 20.3. The molecule has 42 heavy (non-hydrogen) atoms. The van der Waals surface area contributed by atoms with E-state index in [1.807, 2.05) is 74.5 Å². The summed E-state index contributed by atoms with van der Waals surface area (Å²) in [5.41, 5.74) is 13.7. The van der Waals surface area contributed by atoms with Gasteiger partial charge in [-0.3, -0.25) is 14.7 Å². The van der Waals surface area contributed by atoms with Gasteiger partial charge in [-0.1, -0.05) is 60.9 Å². The minimum absolute atomic E-state index is 0.0243. The average Bonchev–Trinajstić information content (AvgIpc) is 3.01. The highest BCUT2D eigenvalue weighted by Gasteiger charge is 2.16. The summed E-state index contributed by atoms with van der Waals surface area (Å²) in [6.45, 7) is 11.8. The summed E-state index contributed by atoms with van der Waals surface area (Å²) in [7, 11) is 2.12. The average molecular weight is 563 g/mol. The number of aromatic nitrogens is 1.